The molecule has 3 rings (SSSR count). The number of benzene rings is 2. The number of aromatic nitrogens is 1. The highest BCUT2D eigenvalue weighted by Crippen LogP contribution is 2.37. The van der Waals surface area contributed by atoms with E-state index in [1.54, 1.807) is 18.4 Å². The Morgan fingerprint density at radius 3 is 2.55 bits per heavy atom. The summed E-state index contributed by atoms with van der Waals surface area (Å²) in [7, 11) is 1.69. The third-order valence-corrected chi connectivity index (χ3v) is 4.32. The summed E-state index contributed by atoms with van der Waals surface area (Å²) < 4.78 is 5.48. The van der Waals surface area contributed by atoms with E-state index in [0.29, 0.717) is 0 Å². The van der Waals surface area contributed by atoms with Gasteiger partial charge in [0.1, 0.15) is 5.75 Å². The molecule has 112 valence electrons. The molecule has 0 aliphatic heterocycles. The second kappa shape index (κ2) is 6.20. The third-order valence-electron chi connectivity index (χ3n) is 3.43. The lowest BCUT2D eigenvalue weighted by atomic mass is 10.1. The van der Waals surface area contributed by atoms with Crippen LogP contribution in [-0.4, -0.2) is 12.1 Å². The Kier molecular flexibility index (Phi) is 4.11. The molecule has 0 saturated heterocycles. The van der Waals surface area contributed by atoms with E-state index < -0.39 is 0 Å². The van der Waals surface area contributed by atoms with Crippen molar-refractivity contribution in [2.24, 2.45) is 0 Å². The fourth-order valence-electron chi connectivity index (χ4n) is 2.35. The van der Waals surface area contributed by atoms with Crippen molar-refractivity contribution < 1.29 is 4.74 Å². The van der Waals surface area contributed by atoms with E-state index in [1.807, 2.05) is 42.5 Å². The van der Waals surface area contributed by atoms with Gasteiger partial charge in [-0.15, -0.1) is 11.3 Å². The van der Waals surface area contributed by atoms with Crippen LogP contribution < -0.4 is 10.1 Å². The van der Waals surface area contributed by atoms with Crippen LogP contribution in [0, 0.1) is 13.8 Å². The topological polar surface area (TPSA) is 34.1 Å². The van der Waals surface area contributed by atoms with Crippen LogP contribution in [0.5, 0.6) is 5.75 Å². The van der Waals surface area contributed by atoms with E-state index >= 15 is 0 Å². The minimum absolute atomic E-state index is 0.852. The minimum atomic E-state index is 0.852. The van der Waals surface area contributed by atoms with E-state index in [2.05, 4.69) is 25.2 Å². The number of rotatable bonds is 4. The van der Waals surface area contributed by atoms with Gasteiger partial charge in [0, 0.05) is 16.1 Å². The third kappa shape index (κ3) is 2.97. The molecule has 1 aromatic heterocycles. The molecule has 0 aliphatic rings. The van der Waals surface area contributed by atoms with E-state index in [-0.39, 0.29) is 0 Å². The molecule has 0 unspecified atom stereocenters. The molecule has 0 spiro atoms. The second-order valence-electron chi connectivity index (χ2n) is 5.12. The highest BCUT2D eigenvalue weighted by molar-refractivity contribution is 7.16. The Morgan fingerprint density at radius 1 is 1.05 bits per heavy atom. The maximum atomic E-state index is 5.48. The van der Waals surface area contributed by atoms with Crippen LogP contribution in [0.3, 0.4) is 0 Å². The summed E-state index contributed by atoms with van der Waals surface area (Å²) in [6.07, 6.45) is 0. The number of ether oxygens (including phenoxy) is 1. The number of anilines is 2. The molecule has 0 atom stereocenters. The number of aryl methyl sites for hydroxylation is 2. The van der Waals surface area contributed by atoms with Gasteiger partial charge in [-0.1, -0.05) is 29.8 Å². The number of nitrogens with one attached hydrogen (secondary N) is 1. The molecule has 0 radical (unpaired) electrons. The van der Waals surface area contributed by atoms with Crippen LogP contribution in [0.1, 0.15) is 10.4 Å². The van der Waals surface area contributed by atoms with Gasteiger partial charge in [-0.3, -0.25) is 0 Å². The Labute approximate surface area is 134 Å². The SMILES string of the molecule is COc1ccc(C)cc1-c1nc(Nc2ccccc2)sc1C. The largest absolute Gasteiger partial charge is 0.496 e. The average molecular weight is 310 g/mol. The number of hydrogen-bond acceptors (Lipinski definition) is 4. The van der Waals surface area contributed by atoms with E-state index in [4.69, 9.17) is 9.72 Å². The first kappa shape index (κ1) is 14.6. The summed E-state index contributed by atoms with van der Waals surface area (Å²) in [5.74, 6) is 0.852. The lowest BCUT2D eigenvalue weighted by Crippen LogP contribution is -1.92. The zero-order valence-corrected chi connectivity index (χ0v) is 13.7. The number of methoxy groups -OCH3 is 1. The van der Waals surface area contributed by atoms with Gasteiger partial charge < -0.3 is 10.1 Å². The van der Waals surface area contributed by atoms with Crippen molar-refractivity contribution in [2.45, 2.75) is 13.8 Å². The molecule has 2 aromatic carbocycles. The molecule has 0 saturated carbocycles. The van der Waals surface area contributed by atoms with E-state index in [9.17, 15) is 0 Å². The molecule has 1 heterocycles. The van der Waals surface area contributed by atoms with Crippen molar-refractivity contribution in [3.8, 4) is 17.0 Å². The van der Waals surface area contributed by atoms with Gasteiger partial charge in [0.05, 0.1) is 12.8 Å². The normalized spacial score (nSPS) is 10.5. The van der Waals surface area contributed by atoms with Crippen LogP contribution >= 0.6 is 11.3 Å². The van der Waals surface area contributed by atoms with Gasteiger partial charge in [0.15, 0.2) is 5.13 Å². The smallest absolute Gasteiger partial charge is 0.187 e. The maximum Gasteiger partial charge on any atom is 0.187 e. The highest BCUT2D eigenvalue weighted by atomic mass is 32.1. The predicted octanol–water partition coefficient (Wildman–Crippen LogP) is 5.18. The van der Waals surface area contributed by atoms with Crippen molar-refractivity contribution in [1.82, 2.24) is 4.98 Å². The lowest BCUT2D eigenvalue weighted by molar-refractivity contribution is 0.416. The van der Waals surface area contributed by atoms with Crippen molar-refractivity contribution in [1.29, 1.82) is 0 Å². The second-order valence-corrected chi connectivity index (χ2v) is 6.32. The van der Waals surface area contributed by atoms with Crippen LogP contribution in [0.2, 0.25) is 0 Å². The molecule has 0 amide bonds. The Balaban J connectivity index is 1.98. The number of para-hydroxylation sites is 1. The summed E-state index contributed by atoms with van der Waals surface area (Å²) in [4.78, 5) is 5.92. The average Bonchev–Trinajstić information content (AvgIpc) is 2.88. The Hall–Kier alpha value is -2.33. The maximum absolute atomic E-state index is 5.48. The van der Waals surface area contributed by atoms with Crippen molar-refractivity contribution in [2.75, 3.05) is 12.4 Å². The first-order valence-corrected chi connectivity index (χ1v) is 7.93. The van der Waals surface area contributed by atoms with Crippen molar-refractivity contribution >= 4 is 22.2 Å². The van der Waals surface area contributed by atoms with Gasteiger partial charge in [-0.05, 0) is 38.1 Å². The number of hydrogen-bond donors (Lipinski definition) is 1. The summed E-state index contributed by atoms with van der Waals surface area (Å²) >= 11 is 1.65. The fraction of sp³-hybridized carbons (Fsp3) is 0.167. The highest BCUT2D eigenvalue weighted by Gasteiger charge is 2.14. The van der Waals surface area contributed by atoms with Crippen molar-refractivity contribution in [3.63, 3.8) is 0 Å². The van der Waals surface area contributed by atoms with Gasteiger partial charge >= 0.3 is 0 Å². The van der Waals surface area contributed by atoms with Crippen molar-refractivity contribution in [3.05, 3.63) is 59.0 Å². The van der Waals surface area contributed by atoms with Gasteiger partial charge in [0.25, 0.3) is 0 Å². The standard InChI is InChI=1S/C18H18N2OS/c1-12-9-10-16(21-3)15(11-12)17-13(2)22-18(20-17)19-14-7-5-4-6-8-14/h4-11H,1-3H3,(H,19,20). The zero-order chi connectivity index (χ0) is 15.5. The summed E-state index contributed by atoms with van der Waals surface area (Å²) in [5.41, 5.74) is 4.25. The lowest BCUT2D eigenvalue weighted by Gasteiger charge is -2.08. The van der Waals surface area contributed by atoms with Gasteiger partial charge in [-0.2, -0.15) is 0 Å². The molecule has 0 aliphatic carbocycles. The van der Waals surface area contributed by atoms with Crippen LogP contribution in [-0.2, 0) is 0 Å². The summed E-state index contributed by atoms with van der Waals surface area (Å²) in [6, 6.07) is 16.2. The Morgan fingerprint density at radius 2 is 1.82 bits per heavy atom. The van der Waals surface area contributed by atoms with Crippen LogP contribution in [0.4, 0.5) is 10.8 Å². The minimum Gasteiger partial charge on any atom is -0.496 e. The van der Waals surface area contributed by atoms with Crippen LogP contribution in [0.15, 0.2) is 48.5 Å². The predicted molar refractivity (Wildman–Crippen MR) is 93.3 cm³/mol. The first-order chi connectivity index (χ1) is 10.7. The summed E-state index contributed by atoms with van der Waals surface area (Å²) in [6.45, 7) is 4.17. The molecule has 4 heteroatoms. The first-order valence-electron chi connectivity index (χ1n) is 7.12. The van der Waals surface area contributed by atoms with Crippen LogP contribution in [0.25, 0.3) is 11.3 Å². The Bertz CT molecular complexity index is 781. The van der Waals surface area contributed by atoms with Gasteiger partial charge in [-0.25, -0.2) is 4.98 Å². The summed E-state index contributed by atoms with van der Waals surface area (Å²) in [5, 5.41) is 4.24. The molecule has 3 nitrogen and oxygen atoms in total. The number of nitrogens with zero attached hydrogens (tertiary/aromatic N) is 1. The van der Waals surface area contributed by atoms with Gasteiger partial charge in [0.2, 0.25) is 0 Å². The fourth-order valence-corrected chi connectivity index (χ4v) is 3.20. The quantitative estimate of drug-likeness (QED) is 0.721. The van der Waals surface area contributed by atoms with E-state index in [0.717, 1.165) is 27.8 Å². The molecular weight excluding hydrogens is 292 g/mol. The molecule has 1 N–H and O–H groups in total. The zero-order valence-electron chi connectivity index (χ0n) is 12.9. The molecule has 3 aromatic rings. The molecule has 0 bridgehead atoms. The monoisotopic (exact) mass is 310 g/mol. The molecule has 22 heavy (non-hydrogen) atoms. The molecule has 0 fully saturated rings. The van der Waals surface area contributed by atoms with E-state index in [1.165, 1.54) is 10.4 Å². The molecular formula is C18H18N2OS. The number of thiazole rings is 1.